The number of benzene rings is 2. The van der Waals surface area contributed by atoms with Gasteiger partial charge in [-0.1, -0.05) is 35.9 Å². The fourth-order valence-corrected chi connectivity index (χ4v) is 3.63. The Hall–Kier alpha value is -2.82. The average molecular weight is 377 g/mol. The highest BCUT2D eigenvalue weighted by Crippen LogP contribution is 2.34. The molecule has 4 rings (SSSR count). The number of anilines is 2. The summed E-state index contributed by atoms with van der Waals surface area (Å²) in [6, 6.07) is 14.2. The summed E-state index contributed by atoms with van der Waals surface area (Å²) in [5.41, 5.74) is 4.94. The van der Waals surface area contributed by atoms with Crippen molar-refractivity contribution < 1.29 is 9.59 Å². The maximum Gasteiger partial charge on any atom is 0.324 e. The van der Waals surface area contributed by atoms with Gasteiger partial charge in [-0.15, -0.1) is 0 Å². The number of amides is 3. The normalized spacial score (nSPS) is 17.0. The van der Waals surface area contributed by atoms with Crippen LogP contribution in [0.15, 0.2) is 42.5 Å². The summed E-state index contributed by atoms with van der Waals surface area (Å²) in [5.74, 6) is 0.191. The first-order valence-electron chi connectivity index (χ1n) is 10.0. The van der Waals surface area contributed by atoms with Crippen LogP contribution < -0.4 is 10.2 Å². The standard InChI is InChI=1S/C23H27N3O2/c1-16-4-7-18(8-5-16)15-25-12-3-13-26(23(25)28)21-11-6-17(2)14-20(21)24-22(27)19-9-10-19/h4-8,11,14,19H,3,9-10,12-13,15H2,1-2H3,(H,24,27). The SMILES string of the molecule is Cc1ccc(CN2CCCN(c3ccc(C)cc3NC(=O)C3CC3)C2=O)cc1. The molecule has 2 aliphatic rings. The number of carbonyl (C=O) groups is 2. The molecule has 0 radical (unpaired) electrons. The number of carbonyl (C=O) groups excluding carboxylic acids is 2. The molecule has 0 unspecified atom stereocenters. The number of rotatable bonds is 5. The van der Waals surface area contributed by atoms with Crippen LogP contribution >= 0.6 is 0 Å². The van der Waals surface area contributed by atoms with E-state index in [9.17, 15) is 9.59 Å². The summed E-state index contributed by atoms with van der Waals surface area (Å²) >= 11 is 0. The molecule has 1 heterocycles. The molecule has 5 nitrogen and oxygen atoms in total. The topological polar surface area (TPSA) is 52.6 Å². The van der Waals surface area contributed by atoms with E-state index in [4.69, 9.17) is 0 Å². The van der Waals surface area contributed by atoms with Crippen LogP contribution in [-0.2, 0) is 11.3 Å². The zero-order valence-electron chi connectivity index (χ0n) is 16.6. The van der Waals surface area contributed by atoms with E-state index in [0.29, 0.717) is 13.1 Å². The van der Waals surface area contributed by atoms with Crippen molar-refractivity contribution in [3.05, 3.63) is 59.2 Å². The molecule has 2 aromatic rings. The molecule has 146 valence electrons. The minimum absolute atomic E-state index is 0.00222. The quantitative estimate of drug-likeness (QED) is 0.835. The second kappa shape index (κ2) is 7.66. The summed E-state index contributed by atoms with van der Waals surface area (Å²) in [5, 5.41) is 3.05. The van der Waals surface area contributed by atoms with Crippen LogP contribution in [0.25, 0.3) is 0 Å². The largest absolute Gasteiger partial charge is 0.324 e. The second-order valence-corrected chi connectivity index (χ2v) is 7.98. The number of hydrogen-bond donors (Lipinski definition) is 1. The Bertz CT molecular complexity index is 887. The maximum atomic E-state index is 13.2. The van der Waals surface area contributed by atoms with Gasteiger partial charge in [0.2, 0.25) is 5.91 Å². The Balaban J connectivity index is 1.55. The highest BCUT2D eigenvalue weighted by Gasteiger charge is 2.32. The number of nitrogens with zero attached hydrogens (tertiary/aromatic N) is 2. The van der Waals surface area contributed by atoms with Gasteiger partial charge in [0.1, 0.15) is 0 Å². The molecule has 1 saturated carbocycles. The Morgan fingerprint density at radius 2 is 1.75 bits per heavy atom. The third-order valence-corrected chi connectivity index (χ3v) is 5.45. The number of hydrogen-bond acceptors (Lipinski definition) is 2. The van der Waals surface area contributed by atoms with Crippen molar-refractivity contribution in [3.8, 4) is 0 Å². The molecule has 0 bridgehead atoms. The molecule has 2 aromatic carbocycles. The Morgan fingerprint density at radius 1 is 1.04 bits per heavy atom. The summed E-state index contributed by atoms with van der Waals surface area (Å²) in [6.45, 7) is 6.08. The van der Waals surface area contributed by atoms with Crippen molar-refractivity contribution in [1.29, 1.82) is 0 Å². The molecular formula is C23H27N3O2. The Labute approximate surface area is 166 Å². The van der Waals surface area contributed by atoms with E-state index in [1.807, 2.05) is 30.0 Å². The molecule has 0 spiro atoms. The lowest BCUT2D eigenvalue weighted by atomic mass is 10.1. The van der Waals surface area contributed by atoms with Gasteiger partial charge in [-0.05, 0) is 56.4 Å². The first-order valence-corrected chi connectivity index (χ1v) is 10.0. The summed E-state index contributed by atoms with van der Waals surface area (Å²) in [6.07, 6.45) is 2.82. The van der Waals surface area contributed by atoms with E-state index in [-0.39, 0.29) is 17.9 Å². The minimum Gasteiger partial charge on any atom is -0.324 e. The van der Waals surface area contributed by atoms with Crippen molar-refractivity contribution >= 4 is 23.3 Å². The molecule has 28 heavy (non-hydrogen) atoms. The lowest BCUT2D eigenvalue weighted by Gasteiger charge is -2.36. The van der Waals surface area contributed by atoms with Crippen molar-refractivity contribution in [2.75, 3.05) is 23.3 Å². The first-order chi connectivity index (χ1) is 13.5. The maximum absolute atomic E-state index is 13.2. The van der Waals surface area contributed by atoms with Gasteiger partial charge in [0, 0.05) is 25.6 Å². The van der Waals surface area contributed by atoms with Crippen LogP contribution in [0.2, 0.25) is 0 Å². The van der Waals surface area contributed by atoms with Gasteiger partial charge < -0.3 is 10.2 Å². The third-order valence-electron chi connectivity index (χ3n) is 5.45. The van der Waals surface area contributed by atoms with Gasteiger partial charge in [0.05, 0.1) is 11.4 Å². The third kappa shape index (κ3) is 4.03. The van der Waals surface area contributed by atoms with E-state index in [0.717, 1.165) is 48.3 Å². The van der Waals surface area contributed by atoms with E-state index >= 15 is 0 Å². The van der Waals surface area contributed by atoms with Gasteiger partial charge in [0.25, 0.3) is 0 Å². The summed E-state index contributed by atoms with van der Waals surface area (Å²) < 4.78 is 0. The fraction of sp³-hybridized carbons (Fsp3) is 0.391. The van der Waals surface area contributed by atoms with Gasteiger partial charge in [0.15, 0.2) is 0 Å². The Morgan fingerprint density at radius 3 is 2.46 bits per heavy atom. The fourth-order valence-electron chi connectivity index (χ4n) is 3.63. The van der Waals surface area contributed by atoms with Gasteiger partial charge in [-0.25, -0.2) is 4.79 Å². The molecule has 2 fully saturated rings. The summed E-state index contributed by atoms with van der Waals surface area (Å²) in [4.78, 5) is 29.2. The number of urea groups is 1. The van der Waals surface area contributed by atoms with Crippen molar-refractivity contribution in [2.24, 2.45) is 5.92 Å². The minimum atomic E-state index is -0.00222. The van der Waals surface area contributed by atoms with Crippen LogP contribution in [0.1, 0.15) is 36.0 Å². The van der Waals surface area contributed by atoms with Crippen LogP contribution in [-0.4, -0.2) is 29.9 Å². The van der Waals surface area contributed by atoms with Crippen LogP contribution in [0.3, 0.4) is 0 Å². The van der Waals surface area contributed by atoms with E-state index in [1.54, 1.807) is 4.90 Å². The molecule has 0 aromatic heterocycles. The highest BCUT2D eigenvalue weighted by atomic mass is 16.2. The number of nitrogens with one attached hydrogen (secondary N) is 1. The van der Waals surface area contributed by atoms with Crippen molar-refractivity contribution in [3.63, 3.8) is 0 Å². The molecule has 3 amide bonds. The van der Waals surface area contributed by atoms with Crippen LogP contribution in [0.4, 0.5) is 16.2 Å². The van der Waals surface area contributed by atoms with Crippen LogP contribution in [0.5, 0.6) is 0 Å². The number of aryl methyl sites for hydroxylation is 2. The van der Waals surface area contributed by atoms with E-state index in [1.165, 1.54) is 5.56 Å². The average Bonchev–Trinajstić information content (AvgIpc) is 3.51. The van der Waals surface area contributed by atoms with Crippen LogP contribution in [0, 0.1) is 19.8 Å². The predicted molar refractivity (Wildman–Crippen MR) is 111 cm³/mol. The zero-order chi connectivity index (χ0) is 19.7. The highest BCUT2D eigenvalue weighted by molar-refractivity contribution is 6.02. The van der Waals surface area contributed by atoms with Gasteiger partial charge in [-0.2, -0.15) is 0 Å². The van der Waals surface area contributed by atoms with Crippen molar-refractivity contribution in [2.45, 2.75) is 39.7 Å². The smallest absolute Gasteiger partial charge is 0.324 e. The predicted octanol–water partition coefficient (Wildman–Crippen LogP) is 4.48. The summed E-state index contributed by atoms with van der Waals surface area (Å²) in [7, 11) is 0. The Kier molecular flexibility index (Phi) is 5.07. The van der Waals surface area contributed by atoms with E-state index in [2.05, 4.69) is 36.5 Å². The second-order valence-electron chi connectivity index (χ2n) is 7.98. The zero-order valence-corrected chi connectivity index (χ0v) is 16.6. The monoisotopic (exact) mass is 377 g/mol. The molecule has 5 heteroatoms. The molecular weight excluding hydrogens is 350 g/mol. The van der Waals surface area contributed by atoms with Gasteiger partial charge in [-0.3, -0.25) is 9.69 Å². The molecule has 1 N–H and O–H groups in total. The lowest BCUT2D eigenvalue weighted by Crippen LogP contribution is -2.49. The first kappa shape index (κ1) is 18.5. The molecule has 1 aliphatic heterocycles. The van der Waals surface area contributed by atoms with Crippen molar-refractivity contribution in [1.82, 2.24) is 4.90 Å². The lowest BCUT2D eigenvalue weighted by molar-refractivity contribution is -0.117. The molecule has 0 atom stereocenters. The molecule has 1 aliphatic carbocycles. The van der Waals surface area contributed by atoms with E-state index < -0.39 is 0 Å². The van der Waals surface area contributed by atoms with Gasteiger partial charge >= 0.3 is 6.03 Å². The molecule has 1 saturated heterocycles.